The van der Waals surface area contributed by atoms with Crippen molar-refractivity contribution in [3.8, 4) is 6.07 Å². The van der Waals surface area contributed by atoms with E-state index in [0.29, 0.717) is 17.8 Å². The minimum Gasteiger partial charge on any atom is -0.210 e. The quantitative estimate of drug-likeness (QED) is 0.922. The third-order valence-electron chi connectivity index (χ3n) is 2.90. The van der Waals surface area contributed by atoms with Crippen LogP contribution in [0.5, 0.6) is 0 Å². The lowest BCUT2D eigenvalue weighted by Gasteiger charge is -2.07. The molecule has 0 bridgehead atoms. The number of sulfonamides is 1. The highest BCUT2D eigenvalue weighted by Crippen LogP contribution is 2.20. The van der Waals surface area contributed by atoms with Crippen LogP contribution in [0.25, 0.3) is 0 Å². The van der Waals surface area contributed by atoms with E-state index in [4.69, 9.17) is 5.26 Å². The summed E-state index contributed by atoms with van der Waals surface area (Å²) in [6.45, 7) is 2.34. The van der Waals surface area contributed by atoms with Crippen molar-refractivity contribution in [3.05, 3.63) is 52.4 Å². The number of hydrogen-bond donors (Lipinski definition) is 1. The number of rotatable bonds is 5. The van der Waals surface area contributed by atoms with Crippen molar-refractivity contribution in [2.45, 2.75) is 17.6 Å². The molecule has 1 aromatic heterocycles. The third kappa shape index (κ3) is 3.45. The van der Waals surface area contributed by atoms with Gasteiger partial charge in [-0.1, -0.05) is 24.3 Å². The molecular weight excluding hydrogens is 292 g/mol. The van der Waals surface area contributed by atoms with Gasteiger partial charge < -0.3 is 0 Å². The number of thiophene rings is 1. The number of hydrogen-bond acceptors (Lipinski definition) is 4. The van der Waals surface area contributed by atoms with Crippen LogP contribution in [0.1, 0.15) is 16.0 Å². The first-order valence-electron chi connectivity index (χ1n) is 6.07. The molecule has 0 aliphatic rings. The van der Waals surface area contributed by atoms with Crippen molar-refractivity contribution < 1.29 is 8.42 Å². The average Bonchev–Trinajstić information content (AvgIpc) is 2.90. The summed E-state index contributed by atoms with van der Waals surface area (Å²) in [6, 6.07) is 12.8. The van der Waals surface area contributed by atoms with Gasteiger partial charge in [-0.25, -0.2) is 13.1 Å². The van der Waals surface area contributed by atoms with Gasteiger partial charge in [0, 0.05) is 6.54 Å². The number of aryl methyl sites for hydroxylation is 1. The predicted molar refractivity (Wildman–Crippen MR) is 79.1 cm³/mol. The molecule has 4 nitrogen and oxygen atoms in total. The van der Waals surface area contributed by atoms with E-state index in [0.717, 1.165) is 22.5 Å². The standard InChI is InChI=1S/C14H14N2O2S2/c1-11-4-2-3-5-12(11)8-9-16-20(17,18)14-7-6-13(10-15)19-14/h2-7,16H,8-9H2,1H3. The van der Waals surface area contributed by atoms with E-state index >= 15 is 0 Å². The molecule has 0 unspecified atom stereocenters. The van der Waals surface area contributed by atoms with Gasteiger partial charge in [0.05, 0.1) is 0 Å². The van der Waals surface area contributed by atoms with E-state index in [1.165, 1.54) is 12.1 Å². The monoisotopic (exact) mass is 306 g/mol. The maximum atomic E-state index is 12.0. The third-order valence-corrected chi connectivity index (χ3v) is 5.85. The normalized spacial score (nSPS) is 11.2. The lowest BCUT2D eigenvalue weighted by Crippen LogP contribution is -2.25. The second kappa shape index (κ2) is 6.18. The van der Waals surface area contributed by atoms with Crippen molar-refractivity contribution >= 4 is 21.4 Å². The Kier molecular flexibility index (Phi) is 4.55. The Morgan fingerprint density at radius 2 is 2.00 bits per heavy atom. The van der Waals surface area contributed by atoms with E-state index < -0.39 is 10.0 Å². The Morgan fingerprint density at radius 1 is 1.25 bits per heavy atom. The highest BCUT2D eigenvalue weighted by molar-refractivity contribution is 7.91. The van der Waals surface area contributed by atoms with Gasteiger partial charge in [0.25, 0.3) is 0 Å². The summed E-state index contributed by atoms with van der Waals surface area (Å²) in [5, 5.41) is 8.72. The van der Waals surface area contributed by atoms with Gasteiger partial charge in [0.1, 0.15) is 15.2 Å². The van der Waals surface area contributed by atoms with Crippen molar-refractivity contribution in [2.75, 3.05) is 6.54 Å². The van der Waals surface area contributed by atoms with E-state index in [2.05, 4.69) is 4.72 Å². The molecule has 1 aromatic carbocycles. The second-order valence-corrected chi connectivity index (χ2v) is 7.38. The molecule has 0 radical (unpaired) electrons. The van der Waals surface area contributed by atoms with Crippen LogP contribution < -0.4 is 4.72 Å². The molecule has 20 heavy (non-hydrogen) atoms. The molecule has 0 spiro atoms. The molecule has 2 aromatic rings. The molecular formula is C14H14N2O2S2. The maximum absolute atomic E-state index is 12.0. The SMILES string of the molecule is Cc1ccccc1CCNS(=O)(=O)c1ccc(C#N)s1. The molecule has 0 saturated carbocycles. The minimum absolute atomic E-state index is 0.179. The van der Waals surface area contributed by atoms with Gasteiger partial charge in [-0.2, -0.15) is 5.26 Å². The van der Waals surface area contributed by atoms with Crippen molar-refractivity contribution in [2.24, 2.45) is 0 Å². The molecule has 104 valence electrons. The smallest absolute Gasteiger partial charge is 0.210 e. The predicted octanol–water partition coefficient (Wildman–Crippen LogP) is 2.45. The van der Waals surface area contributed by atoms with Crippen LogP contribution in [0.3, 0.4) is 0 Å². The molecule has 0 amide bonds. The summed E-state index contributed by atoms with van der Waals surface area (Å²) < 4.78 is 26.8. The van der Waals surface area contributed by atoms with Crippen LogP contribution in [0, 0.1) is 18.3 Å². The highest BCUT2D eigenvalue weighted by atomic mass is 32.2. The summed E-state index contributed by atoms with van der Waals surface area (Å²) >= 11 is 0.978. The van der Waals surface area contributed by atoms with Crippen molar-refractivity contribution in [1.82, 2.24) is 4.72 Å². The summed E-state index contributed by atoms with van der Waals surface area (Å²) in [6.07, 6.45) is 0.641. The zero-order valence-electron chi connectivity index (χ0n) is 11.0. The zero-order valence-corrected chi connectivity index (χ0v) is 12.6. The molecule has 0 saturated heterocycles. The van der Waals surface area contributed by atoms with E-state index in [9.17, 15) is 8.42 Å². The number of nitrogens with zero attached hydrogens (tertiary/aromatic N) is 1. The van der Waals surface area contributed by atoms with Gasteiger partial charge in [-0.3, -0.25) is 0 Å². The van der Waals surface area contributed by atoms with Crippen LogP contribution in [0.2, 0.25) is 0 Å². The topological polar surface area (TPSA) is 70.0 Å². The summed E-state index contributed by atoms with van der Waals surface area (Å²) in [5.41, 5.74) is 2.27. The van der Waals surface area contributed by atoms with Crippen LogP contribution in [0.15, 0.2) is 40.6 Å². The number of benzene rings is 1. The fourth-order valence-electron chi connectivity index (χ4n) is 1.81. The van der Waals surface area contributed by atoms with Crippen LogP contribution >= 0.6 is 11.3 Å². The van der Waals surface area contributed by atoms with Gasteiger partial charge >= 0.3 is 0 Å². The first-order valence-corrected chi connectivity index (χ1v) is 8.37. The fraction of sp³-hybridized carbons (Fsp3) is 0.214. The maximum Gasteiger partial charge on any atom is 0.250 e. The summed E-state index contributed by atoms with van der Waals surface area (Å²) in [4.78, 5) is 0.393. The molecule has 0 aliphatic carbocycles. The van der Waals surface area contributed by atoms with Gasteiger partial charge in [-0.05, 0) is 36.6 Å². The van der Waals surface area contributed by atoms with E-state index in [1.807, 2.05) is 37.3 Å². The molecule has 1 heterocycles. The second-order valence-electron chi connectivity index (χ2n) is 4.30. The zero-order chi connectivity index (χ0) is 14.6. The lowest BCUT2D eigenvalue weighted by molar-refractivity contribution is 0.583. The number of nitrogens with one attached hydrogen (secondary N) is 1. The largest absolute Gasteiger partial charge is 0.250 e. The molecule has 0 atom stereocenters. The van der Waals surface area contributed by atoms with Crippen LogP contribution in [0.4, 0.5) is 0 Å². The Morgan fingerprint density at radius 3 is 2.65 bits per heavy atom. The summed E-state index contributed by atoms with van der Waals surface area (Å²) in [5.74, 6) is 0. The van der Waals surface area contributed by atoms with Gasteiger partial charge in [0.15, 0.2) is 0 Å². The van der Waals surface area contributed by atoms with Crippen molar-refractivity contribution in [1.29, 1.82) is 5.26 Å². The molecule has 0 aliphatic heterocycles. The Balaban J connectivity index is 2.00. The first-order chi connectivity index (χ1) is 9.53. The fourth-order valence-corrected chi connectivity index (χ4v) is 3.99. The number of nitriles is 1. The Hall–Kier alpha value is -1.68. The Labute approximate surface area is 122 Å². The average molecular weight is 306 g/mol. The molecule has 0 fully saturated rings. The van der Waals surface area contributed by atoms with Gasteiger partial charge in [-0.15, -0.1) is 11.3 Å². The first kappa shape index (κ1) is 14.7. The summed E-state index contributed by atoms with van der Waals surface area (Å²) in [7, 11) is -3.52. The van der Waals surface area contributed by atoms with Gasteiger partial charge in [0.2, 0.25) is 10.0 Å². The lowest BCUT2D eigenvalue weighted by atomic mass is 10.1. The van der Waals surface area contributed by atoms with E-state index in [-0.39, 0.29) is 4.21 Å². The van der Waals surface area contributed by atoms with Crippen LogP contribution in [-0.4, -0.2) is 15.0 Å². The van der Waals surface area contributed by atoms with E-state index in [1.54, 1.807) is 0 Å². The minimum atomic E-state index is -3.52. The Bertz CT molecular complexity index is 743. The molecule has 1 N–H and O–H groups in total. The van der Waals surface area contributed by atoms with Crippen molar-refractivity contribution in [3.63, 3.8) is 0 Å². The van der Waals surface area contributed by atoms with Crippen LogP contribution in [-0.2, 0) is 16.4 Å². The molecule has 2 rings (SSSR count). The highest BCUT2D eigenvalue weighted by Gasteiger charge is 2.16. The molecule has 6 heteroatoms.